The molecule has 3 nitrogen and oxygen atoms in total. The number of cyclic esters (lactones) is 1. The molecule has 52 valence electrons. The van der Waals surface area contributed by atoms with E-state index in [4.69, 9.17) is 10.5 Å². The monoisotopic (exact) mass is 129 g/mol. The normalized spacial score (nSPS) is 29.0. The van der Waals surface area contributed by atoms with Crippen LogP contribution in [0.1, 0.15) is 19.3 Å². The zero-order valence-electron chi connectivity index (χ0n) is 5.30. The molecular formula is C6H11NO2. The first-order valence-electron chi connectivity index (χ1n) is 3.20. The quantitative estimate of drug-likeness (QED) is 0.470. The van der Waals surface area contributed by atoms with Crippen molar-refractivity contribution in [2.45, 2.75) is 25.3 Å². The summed E-state index contributed by atoms with van der Waals surface area (Å²) in [6.45, 7) is 0.500. The number of hydrogen-bond donors (Lipinski definition) is 1. The molecule has 0 aliphatic carbocycles. The predicted molar refractivity (Wildman–Crippen MR) is 32.8 cm³/mol. The van der Waals surface area contributed by atoms with Gasteiger partial charge in [-0.3, -0.25) is 4.79 Å². The lowest BCUT2D eigenvalue weighted by Crippen LogP contribution is -2.19. The van der Waals surface area contributed by atoms with E-state index in [0.29, 0.717) is 13.0 Å². The van der Waals surface area contributed by atoms with Gasteiger partial charge >= 0.3 is 5.97 Å². The molecular weight excluding hydrogens is 118 g/mol. The number of nitrogens with two attached hydrogens (primary N) is 1. The van der Waals surface area contributed by atoms with Crippen LogP contribution in [0.2, 0.25) is 0 Å². The number of hydrogen-bond acceptors (Lipinski definition) is 3. The van der Waals surface area contributed by atoms with Crippen LogP contribution < -0.4 is 5.73 Å². The van der Waals surface area contributed by atoms with Gasteiger partial charge in [-0.25, -0.2) is 0 Å². The van der Waals surface area contributed by atoms with E-state index in [1.54, 1.807) is 0 Å². The fraction of sp³-hybridized carbons (Fsp3) is 0.833. The third-order valence-corrected chi connectivity index (χ3v) is 1.47. The molecule has 1 heterocycles. The van der Waals surface area contributed by atoms with Crippen molar-refractivity contribution in [2.24, 2.45) is 5.73 Å². The highest BCUT2D eigenvalue weighted by Gasteiger charge is 2.12. The second-order valence-electron chi connectivity index (χ2n) is 2.31. The van der Waals surface area contributed by atoms with Crippen LogP contribution in [-0.4, -0.2) is 18.6 Å². The Labute approximate surface area is 54.2 Å². The van der Waals surface area contributed by atoms with Crippen molar-refractivity contribution in [3.8, 4) is 0 Å². The molecule has 0 bridgehead atoms. The molecule has 9 heavy (non-hydrogen) atoms. The van der Waals surface area contributed by atoms with E-state index < -0.39 is 0 Å². The maximum absolute atomic E-state index is 10.6. The van der Waals surface area contributed by atoms with Crippen LogP contribution in [0.3, 0.4) is 0 Å². The Kier molecular flexibility index (Phi) is 2.05. The number of ether oxygens (including phenoxy) is 1. The summed E-state index contributed by atoms with van der Waals surface area (Å²) in [5.41, 5.74) is 5.56. The van der Waals surface area contributed by atoms with Crippen molar-refractivity contribution >= 4 is 5.97 Å². The van der Waals surface area contributed by atoms with Gasteiger partial charge in [0.1, 0.15) is 0 Å². The fourth-order valence-corrected chi connectivity index (χ4v) is 0.844. The smallest absolute Gasteiger partial charge is 0.305 e. The van der Waals surface area contributed by atoms with Gasteiger partial charge < -0.3 is 10.5 Å². The minimum Gasteiger partial charge on any atom is -0.466 e. The number of carbonyl (C=O) groups is 1. The van der Waals surface area contributed by atoms with Gasteiger partial charge in [-0.2, -0.15) is 0 Å². The average Bonchev–Trinajstić information content (AvgIpc) is 1.97. The molecule has 0 aromatic heterocycles. The Morgan fingerprint density at radius 1 is 1.56 bits per heavy atom. The lowest BCUT2D eigenvalue weighted by Gasteiger charge is -2.01. The van der Waals surface area contributed by atoms with Crippen molar-refractivity contribution < 1.29 is 9.53 Å². The molecule has 1 rings (SSSR count). The summed E-state index contributed by atoms with van der Waals surface area (Å²) in [6, 6.07) is 0.163. The van der Waals surface area contributed by atoms with E-state index in [9.17, 15) is 4.79 Å². The van der Waals surface area contributed by atoms with E-state index in [-0.39, 0.29) is 12.0 Å². The summed E-state index contributed by atoms with van der Waals surface area (Å²) in [5, 5.41) is 0. The van der Waals surface area contributed by atoms with Gasteiger partial charge in [-0.1, -0.05) is 0 Å². The third kappa shape index (κ3) is 2.01. The van der Waals surface area contributed by atoms with Gasteiger partial charge in [0.2, 0.25) is 0 Å². The molecule has 1 saturated heterocycles. The number of esters is 1. The van der Waals surface area contributed by atoms with Crippen molar-refractivity contribution in [1.29, 1.82) is 0 Å². The van der Waals surface area contributed by atoms with Gasteiger partial charge in [0.25, 0.3) is 0 Å². The SMILES string of the molecule is N[C@H]1CCOC(=O)CC1. The molecule has 3 heteroatoms. The largest absolute Gasteiger partial charge is 0.466 e. The summed E-state index contributed by atoms with van der Waals surface area (Å²) in [5.74, 6) is -0.108. The van der Waals surface area contributed by atoms with E-state index in [1.807, 2.05) is 0 Å². The van der Waals surface area contributed by atoms with Crippen molar-refractivity contribution in [3.63, 3.8) is 0 Å². The molecule has 1 fully saturated rings. The van der Waals surface area contributed by atoms with Gasteiger partial charge in [-0.05, 0) is 12.8 Å². The first-order valence-corrected chi connectivity index (χ1v) is 3.20. The maximum Gasteiger partial charge on any atom is 0.305 e. The molecule has 0 saturated carbocycles. The first kappa shape index (κ1) is 6.55. The van der Waals surface area contributed by atoms with E-state index >= 15 is 0 Å². The van der Waals surface area contributed by atoms with Crippen molar-refractivity contribution in [3.05, 3.63) is 0 Å². The highest BCUT2D eigenvalue weighted by atomic mass is 16.5. The van der Waals surface area contributed by atoms with Crippen LogP contribution in [0.25, 0.3) is 0 Å². The van der Waals surface area contributed by atoms with Gasteiger partial charge in [0.15, 0.2) is 0 Å². The van der Waals surface area contributed by atoms with Gasteiger partial charge in [-0.15, -0.1) is 0 Å². The molecule has 2 N–H and O–H groups in total. The van der Waals surface area contributed by atoms with Crippen LogP contribution >= 0.6 is 0 Å². The zero-order chi connectivity index (χ0) is 6.69. The minimum atomic E-state index is -0.108. The van der Waals surface area contributed by atoms with E-state index in [2.05, 4.69) is 0 Å². The van der Waals surface area contributed by atoms with Gasteiger partial charge in [0.05, 0.1) is 6.61 Å². The number of rotatable bonds is 0. The van der Waals surface area contributed by atoms with E-state index in [0.717, 1.165) is 12.8 Å². The van der Waals surface area contributed by atoms with Gasteiger partial charge in [0, 0.05) is 12.5 Å². The van der Waals surface area contributed by atoms with Crippen molar-refractivity contribution in [1.82, 2.24) is 0 Å². The van der Waals surface area contributed by atoms with Crippen LogP contribution in [0.15, 0.2) is 0 Å². The lowest BCUT2D eigenvalue weighted by atomic mass is 10.1. The highest BCUT2D eigenvalue weighted by Crippen LogP contribution is 2.05. The molecule has 0 aromatic carbocycles. The summed E-state index contributed by atoms with van der Waals surface area (Å²) < 4.78 is 4.75. The van der Waals surface area contributed by atoms with Crippen molar-refractivity contribution in [2.75, 3.05) is 6.61 Å². The van der Waals surface area contributed by atoms with E-state index in [1.165, 1.54) is 0 Å². The summed E-state index contributed by atoms with van der Waals surface area (Å²) in [6.07, 6.45) is 2.08. The Hall–Kier alpha value is -0.570. The second-order valence-corrected chi connectivity index (χ2v) is 2.31. The molecule has 0 aromatic rings. The molecule has 0 spiro atoms. The Morgan fingerprint density at radius 2 is 2.33 bits per heavy atom. The summed E-state index contributed by atoms with van der Waals surface area (Å²) >= 11 is 0. The zero-order valence-corrected chi connectivity index (χ0v) is 5.30. The number of carbonyl (C=O) groups excluding carboxylic acids is 1. The fourth-order valence-electron chi connectivity index (χ4n) is 0.844. The highest BCUT2D eigenvalue weighted by molar-refractivity contribution is 5.69. The minimum absolute atomic E-state index is 0.108. The van der Waals surface area contributed by atoms with Crippen LogP contribution in [-0.2, 0) is 9.53 Å². The average molecular weight is 129 g/mol. The lowest BCUT2D eigenvalue weighted by molar-refractivity contribution is -0.142. The molecule has 1 atom stereocenters. The van der Waals surface area contributed by atoms with Crippen LogP contribution in [0, 0.1) is 0 Å². The Morgan fingerprint density at radius 3 is 3.11 bits per heavy atom. The Balaban J connectivity index is 2.34. The Bertz CT molecular complexity index is 114. The second kappa shape index (κ2) is 2.82. The molecule has 0 amide bonds. The summed E-state index contributed by atoms with van der Waals surface area (Å²) in [7, 11) is 0. The molecule has 1 aliphatic heterocycles. The molecule has 0 radical (unpaired) electrons. The van der Waals surface area contributed by atoms with Crippen LogP contribution in [0.4, 0.5) is 0 Å². The maximum atomic E-state index is 10.6. The standard InChI is InChI=1S/C6H11NO2/c7-5-1-2-6(8)9-4-3-5/h5H,1-4,7H2/t5-/m1/s1. The summed E-state index contributed by atoms with van der Waals surface area (Å²) in [4.78, 5) is 10.6. The first-order chi connectivity index (χ1) is 4.29. The topological polar surface area (TPSA) is 52.3 Å². The predicted octanol–water partition coefficient (Wildman–Crippen LogP) is 0.0408. The van der Waals surface area contributed by atoms with Crippen LogP contribution in [0.5, 0.6) is 0 Å². The molecule has 0 unspecified atom stereocenters. The third-order valence-electron chi connectivity index (χ3n) is 1.47. The molecule has 1 aliphatic rings.